The number of pyridine rings is 1. The van der Waals surface area contributed by atoms with E-state index in [1.165, 1.54) is 9.13 Å². The second-order valence-electron chi connectivity index (χ2n) is 3.18. The topological polar surface area (TPSA) is 3.88 Å². The summed E-state index contributed by atoms with van der Waals surface area (Å²) in [5, 5.41) is 0. The molecule has 2 heteroatoms. The number of benzene rings is 1. The molecule has 0 saturated carbocycles. The Balaban J connectivity index is 2.19. The van der Waals surface area contributed by atoms with E-state index in [9.17, 15) is 0 Å². The first kappa shape index (κ1) is 9.65. The van der Waals surface area contributed by atoms with E-state index < -0.39 is 0 Å². The first-order chi connectivity index (χ1) is 6.84. The minimum atomic E-state index is 0.942. The van der Waals surface area contributed by atoms with Crippen LogP contribution in [0.4, 0.5) is 0 Å². The number of hydrogen-bond donors (Lipinski definition) is 0. The average molecular weight is 296 g/mol. The summed E-state index contributed by atoms with van der Waals surface area (Å²) in [7, 11) is 0. The fourth-order valence-electron chi connectivity index (χ4n) is 1.38. The fourth-order valence-corrected chi connectivity index (χ4v) is 1.95. The Labute approximate surface area is 97.5 Å². The van der Waals surface area contributed by atoms with Crippen LogP contribution in [0, 0.1) is 3.57 Å². The molecule has 1 nitrogen and oxygen atoms in total. The van der Waals surface area contributed by atoms with Crippen molar-refractivity contribution < 1.29 is 4.57 Å². The van der Waals surface area contributed by atoms with Gasteiger partial charge in [-0.15, -0.1) is 0 Å². The van der Waals surface area contributed by atoms with Crippen LogP contribution in [0.3, 0.4) is 0 Å². The standard InChI is InChI=1S/C12H11IN/c13-12-7-4-8-14(10-12)9-11-5-2-1-3-6-11/h1-8,10H,9H2/q+1. The molecular weight excluding hydrogens is 285 g/mol. The van der Waals surface area contributed by atoms with E-state index in [-0.39, 0.29) is 0 Å². The Morgan fingerprint density at radius 3 is 2.50 bits per heavy atom. The van der Waals surface area contributed by atoms with E-state index >= 15 is 0 Å². The summed E-state index contributed by atoms with van der Waals surface area (Å²) in [6.45, 7) is 0.942. The van der Waals surface area contributed by atoms with Crippen LogP contribution in [0.5, 0.6) is 0 Å². The molecule has 0 amide bonds. The zero-order chi connectivity index (χ0) is 9.80. The van der Waals surface area contributed by atoms with Gasteiger partial charge in [0.1, 0.15) is 0 Å². The van der Waals surface area contributed by atoms with Gasteiger partial charge in [-0.3, -0.25) is 0 Å². The quantitative estimate of drug-likeness (QED) is 0.592. The molecule has 0 saturated heterocycles. The maximum absolute atomic E-state index is 2.33. The number of hydrogen-bond acceptors (Lipinski definition) is 0. The number of nitrogens with zero attached hydrogens (tertiary/aromatic N) is 1. The summed E-state index contributed by atoms with van der Waals surface area (Å²) in [5.74, 6) is 0. The van der Waals surface area contributed by atoms with Gasteiger partial charge in [-0.05, 0) is 28.7 Å². The van der Waals surface area contributed by atoms with Gasteiger partial charge < -0.3 is 0 Å². The Bertz CT molecular complexity index is 412. The molecule has 1 aromatic carbocycles. The van der Waals surface area contributed by atoms with Gasteiger partial charge in [0.15, 0.2) is 18.9 Å². The second kappa shape index (κ2) is 4.55. The molecule has 0 aliphatic rings. The highest BCUT2D eigenvalue weighted by Crippen LogP contribution is 2.00. The highest BCUT2D eigenvalue weighted by Gasteiger charge is 2.01. The molecule has 0 fully saturated rings. The molecule has 0 unspecified atom stereocenters. The maximum Gasteiger partial charge on any atom is 0.182 e. The first-order valence-corrected chi connectivity index (χ1v) is 5.61. The van der Waals surface area contributed by atoms with Gasteiger partial charge in [-0.2, -0.15) is 4.57 Å². The number of rotatable bonds is 2. The lowest BCUT2D eigenvalue weighted by atomic mass is 10.2. The van der Waals surface area contributed by atoms with E-state index in [0.29, 0.717) is 0 Å². The summed E-state index contributed by atoms with van der Waals surface area (Å²) in [6.07, 6.45) is 4.24. The molecule has 0 radical (unpaired) electrons. The zero-order valence-electron chi connectivity index (χ0n) is 7.73. The van der Waals surface area contributed by atoms with Crippen LogP contribution in [-0.4, -0.2) is 0 Å². The van der Waals surface area contributed by atoms with Gasteiger partial charge in [-0.1, -0.05) is 30.3 Å². The van der Waals surface area contributed by atoms with E-state index in [4.69, 9.17) is 0 Å². The zero-order valence-corrected chi connectivity index (χ0v) is 9.89. The fraction of sp³-hybridized carbons (Fsp3) is 0.0833. The third-order valence-corrected chi connectivity index (χ3v) is 2.67. The minimum absolute atomic E-state index is 0.942. The Kier molecular flexibility index (Phi) is 3.14. The van der Waals surface area contributed by atoms with Crippen molar-refractivity contribution in [3.05, 3.63) is 64.0 Å². The maximum atomic E-state index is 2.33. The predicted octanol–water partition coefficient (Wildman–Crippen LogP) is 2.63. The lowest BCUT2D eigenvalue weighted by molar-refractivity contribution is -0.689. The van der Waals surface area contributed by atoms with Crippen molar-refractivity contribution >= 4 is 22.6 Å². The molecule has 0 spiro atoms. The van der Waals surface area contributed by atoms with Crippen molar-refractivity contribution in [2.75, 3.05) is 0 Å². The van der Waals surface area contributed by atoms with Crippen LogP contribution in [0.2, 0.25) is 0 Å². The molecule has 0 atom stereocenters. The van der Waals surface area contributed by atoms with Gasteiger partial charge >= 0.3 is 0 Å². The molecular formula is C12H11IN+. The molecule has 0 aliphatic carbocycles. The average Bonchev–Trinajstić information content (AvgIpc) is 2.19. The lowest BCUT2D eigenvalue weighted by Gasteiger charge is -1.97. The van der Waals surface area contributed by atoms with Crippen molar-refractivity contribution in [2.45, 2.75) is 6.54 Å². The van der Waals surface area contributed by atoms with Crippen molar-refractivity contribution in [3.8, 4) is 0 Å². The Hall–Kier alpha value is -0.900. The lowest BCUT2D eigenvalue weighted by Crippen LogP contribution is -2.33. The normalized spacial score (nSPS) is 10.1. The molecule has 0 aliphatic heterocycles. The summed E-state index contributed by atoms with van der Waals surface area (Å²) < 4.78 is 3.46. The second-order valence-corrected chi connectivity index (χ2v) is 4.43. The summed E-state index contributed by atoms with van der Waals surface area (Å²) in [5.41, 5.74) is 1.33. The third kappa shape index (κ3) is 2.54. The van der Waals surface area contributed by atoms with Crippen LogP contribution in [-0.2, 0) is 6.54 Å². The summed E-state index contributed by atoms with van der Waals surface area (Å²) in [4.78, 5) is 0. The van der Waals surface area contributed by atoms with Crippen molar-refractivity contribution in [1.29, 1.82) is 0 Å². The predicted molar refractivity (Wildman–Crippen MR) is 64.9 cm³/mol. The molecule has 2 aromatic rings. The first-order valence-electron chi connectivity index (χ1n) is 4.53. The highest BCUT2D eigenvalue weighted by molar-refractivity contribution is 14.1. The van der Waals surface area contributed by atoms with Gasteiger partial charge in [0, 0.05) is 11.6 Å². The molecule has 14 heavy (non-hydrogen) atoms. The summed E-state index contributed by atoms with van der Waals surface area (Å²) >= 11 is 2.33. The van der Waals surface area contributed by atoms with Crippen LogP contribution in [0.25, 0.3) is 0 Å². The SMILES string of the molecule is Ic1ccc[n+](Cc2ccccc2)c1. The Morgan fingerprint density at radius 2 is 1.79 bits per heavy atom. The van der Waals surface area contributed by atoms with Gasteiger partial charge in [-0.25, -0.2) is 0 Å². The molecule has 0 bridgehead atoms. The van der Waals surface area contributed by atoms with E-state index in [0.717, 1.165) is 6.54 Å². The molecule has 1 heterocycles. The largest absolute Gasteiger partial charge is 0.200 e. The van der Waals surface area contributed by atoms with E-state index in [2.05, 4.69) is 75.9 Å². The van der Waals surface area contributed by atoms with Crippen LogP contribution < -0.4 is 4.57 Å². The van der Waals surface area contributed by atoms with Crippen molar-refractivity contribution in [3.63, 3.8) is 0 Å². The number of halogens is 1. The highest BCUT2D eigenvalue weighted by atomic mass is 127. The molecule has 1 aromatic heterocycles. The molecule has 70 valence electrons. The van der Waals surface area contributed by atoms with Crippen LogP contribution in [0.15, 0.2) is 54.9 Å². The Morgan fingerprint density at radius 1 is 1.00 bits per heavy atom. The van der Waals surface area contributed by atoms with Gasteiger partial charge in [0.25, 0.3) is 0 Å². The van der Waals surface area contributed by atoms with Gasteiger partial charge in [0.05, 0.1) is 3.57 Å². The summed E-state index contributed by atoms with van der Waals surface area (Å²) in [6, 6.07) is 14.7. The monoisotopic (exact) mass is 296 g/mol. The minimum Gasteiger partial charge on any atom is -0.200 e. The van der Waals surface area contributed by atoms with E-state index in [1.807, 2.05) is 6.07 Å². The van der Waals surface area contributed by atoms with Crippen molar-refractivity contribution in [1.82, 2.24) is 0 Å². The third-order valence-electron chi connectivity index (χ3n) is 2.03. The molecule has 0 N–H and O–H groups in total. The molecule has 2 rings (SSSR count). The number of aromatic nitrogens is 1. The van der Waals surface area contributed by atoms with Crippen molar-refractivity contribution in [2.24, 2.45) is 0 Å². The van der Waals surface area contributed by atoms with Gasteiger partial charge in [0.2, 0.25) is 0 Å². The van der Waals surface area contributed by atoms with Crippen LogP contribution >= 0.6 is 22.6 Å². The smallest absolute Gasteiger partial charge is 0.182 e. The van der Waals surface area contributed by atoms with E-state index in [1.54, 1.807) is 0 Å². The van der Waals surface area contributed by atoms with Crippen LogP contribution in [0.1, 0.15) is 5.56 Å².